The maximum absolute atomic E-state index is 11.8. The van der Waals surface area contributed by atoms with Crippen LogP contribution in [0.15, 0.2) is 23.3 Å². The van der Waals surface area contributed by atoms with Crippen molar-refractivity contribution in [3.63, 3.8) is 0 Å². The van der Waals surface area contributed by atoms with Crippen LogP contribution in [-0.4, -0.2) is 69.6 Å². The summed E-state index contributed by atoms with van der Waals surface area (Å²) >= 11 is 0. The number of allylic oxidation sites excluding steroid dienone is 3. The van der Waals surface area contributed by atoms with Crippen LogP contribution in [0.2, 0.25) is 0 Å². The van der Waals surface area contributed by atoms with Gasteiger partial charge in [0.1, 0.15) is 30.2 Å². The number of aliphatic hydroxyl groups is 4. The fraction of sp³-hybridized carbons (Fsp3) is 0.737. The summed E-state index contributed by atoms with van der Waals surface area (Å²) in [5.41, 5.74) is 1.86. The number of ether oxygens (including phenoxy) is 2. The van der Waals surface area contributed by atoms with E-state index in [4.69, 9.17) is 9.47 Å². The fourth-order valence-corrected chi connectivity index (χ4v) is 3.66. The fourth-order valence-electron chi connectivity index (χ4n) is 3.66. The number of ketones is 1. The van der Waals surface area contributed by atoms with Crippen molar-refractivity contribution in [2.45, 2.75) is 77.3 Å². The lowest BCUT2D eigenvalue weighted by Crippen LogP contribution is -2.59. The average Bonchev–Trinajstić information content (AvgIpc) is 2.53. The molecule has 0 saturated carbocycles. The van der Waals surface area contributed by atoms with E-state index >= 15 is 0 Å². The molecule has 0 aromatic rings. The molecule has 6 atom stereocenters. The van der Waals surface area contributed by atoms with Gasteiger partial charge in [-0.3, -0.25) is 4.79 Å². The van der Waals surface area contributed by atoms with E-state index in [1.165, 1.54) is 0 Å². The van der Waals surface area contributed by atoms with Crippen molar-refractivity contribution in [1.82, 2.24) is 0 Å². The number of carbonyl (C=O) groups is 1. The van der Waals surface area contributed by atoms with Crippen molar-refractivity contribution in [1.29, 1.82) is 0 Å². The minimum absolute atomic E-state index is 0.232. The Morgan fingerprint density at radius 1 is 1.27 bits per heavy atom. The number of hydrogen-bond donors (Lipinski definition) is 4. The molecule has 0 aromatic carbocycles. The maximum Gasteiger partial charge on any atom is 0.187 e. The van der Waals surface area contributed by atoms with E-state index in [1.807, 2.05) is 26.8 Å². The highest BCUT2D eigenvalue weighted by Crippen LogP contribution is 2.39. The van der Waals surface area contributed by atoms with Crippen LogP contribution in [0.4, 0.5) is 0 Å². The molecule has 1 heterocycles. The van der Waals surface area contributed by atoms with Crippen molar-refractivity contribution in [3.8, 4) is 0 Å². The molecule has 4 N–H and O–H groups in total. The SMILES string of the molecule is CC1=C(/C=C/[C@@H](C)O[C@@H]2O[C@H](CO)[C@@H](O)[C@H](O)[C@H]2O)C(C)(C)CC(=O)C1. The second kappa shape index (κ2) is 8.29. The second-order valence-electron chi connectivity index (χ2n) is 7.87. The van der Waals surface area contributed by atoms with Gasteiger partial charge in [0.05, 0.1) is 12.7 Å². The van der Waals surface area contributed by atoms with E-state index in [0.29, 0.717) is 12.8 Å². The van der Waals surface area contributed by atoms with Gasteiger partial charge in [-0.25, -0.2) is 0 Å². The molecule has 7 heteroatoms. The molecule has 2 aliphatic rings. The van der Waals surface area contributed by atoms with Crippen molar-refractivity contribution >= 4 is 5.78 Å². The van der Waals surface area contributed by atoms with Gasteiger partial charge in [0.2, 0.25) is 0 Å². The Bertz CT molecular complexity index is 578. The zero-order valence-electron chi connectivity index (χ0n) is 15.8. The number of Topliss-reactive ketones (excluding diaryl/α,β-unsaturated/α-hetero) is 1. The number of rotatable bonds is 5. The Morgan fingerprint density at radius 2 is 1.92 bits per heavy atom. The van der Waals surface area contributed by atoms with Gasteiger partial charge in [0, 0.05) is 12.8 Å². The first-order valence-corrected chi connectivity index (χ1v) is 8.93. The van der Waals surface area contributed by atoms with Crippen molar-refractivity contribution in [2.24, 2.45) is 5.41 Å². The smallest absolute Gasteiger partial charge is 0.187 e. The topological polar surface area (TPSA) is 116 Å². The lowest BCUT2D eigenvalue weighted by atomic mass is 9.72. The number of hydrogen-bond acceptors (Lipinski definition) is 7. The van der Waals surface area contributed by atoms with E-state index in [1.54, 1.807) is 13.0 Å². The molecule has 148 valence electrons. The minimum Gasteiger partial charge on any atom is -0.394 e. The highest BCUT2D eigenvalue weighted by atomic mass is 16.7. The second-order valence-corrected chi connectivity index (χ2v) is 7.87. The average molecular weight is 370 g/mol. The molecule has 1 saturated heterocycles. The largest absolute Gasteiger partial charge is 0.394 e. The van der Waals surface area contributed by atoms with Crippen molar-refractivity contribution in [3.05, 3.63) is 23.3 Å². The molecule has 0 radical (unpaired) electrons. The molecule has 2 rings (SSSR count). The predicted molar refractivity (Wildman–Crippen MR) is 94.2 cm³/mol. The molecule has 26 heavy (non-hydrogen) atoms. The number of aliphatic hydroxyl groups excluding tert-OH is 4. The Hall–Kier alpha value is -1.09. The molecule has 1 aliphatic carbocycles. The molecule has 0 amide bonds. The van der Waals surface area contributed by atoms with E-state index in [0.717, 1.165) is 11.1 Å². The molecular formula is C19H30O7. The standard InChI is InChI=1S/C19H30O7/c1-10-7-12(21)8-19(3,4)13(10)6-5-11(2)25-18-17(24)16(23)15(22)14(9-20)26-18/h5-6,11,14-18,20,22-24H,7-9H2,1-4H3/b6-5+/t11-,14-,15-,16+,17-,18-/m1/s1. The highest BCUT2D eigenvalue weighted by molar-refractivity contribution is 5.84. The maximum atomic E-state index is 11.8. The molecule has 1 fully saturated rings. The summed E-state index contributed by atoms with van der Waals surface area (Å²) in [6, 6.07) is 0. The van der Waals surface area contributed by atoms with Crippen LogP contribution in [0, 0.1) is 5.41 Å². The quantitative estimate of drug-likeness (QED) is 0.555. The molecular weight excluding hydrogens is 340 g/mol. The summed E-state index contributed by atoms with van der Waals surface area (Å²) < 4.78 is 11.0. The monoisotopic (exact) mass is 370 g/mol. The first-order valence-electron chi connectivity index (χ1n) is 8.93. The number of carbonyl (C=O) groups excluding carboxylic acids is 1. The summed E-state index contributed by atoms with van der Waals surface area (Å²) in [6.07, 6.45) is -2.24. The van der Waals surface area contributed by atoms with Gasteiger partial charge in [0.15, 0.2) is 6.29 Å². The molecule has 0 spiro atoms. The van der Waals surface area contributed by atoms with Crippen LogP contribution in [0.25, 0.3) is 0 Å². The van der Waals surface area contributed by atoms with Gasteiger partial charge in [-0.2, -0.15) is 0 Å². The minimum atomic E-state index is -1.46. The lowest BCUT2D eigenvalue weighted by Gasteiger charge is -2.40. The lowest BCUT2D eigenvalue weighted by molar-refractivity contribution is -0.306. The highest BCUT2D eigenvalue weighted by Gasteiger charge is 2.44. The Kier molecular flexibility index (Phi) is 6.76. The van der Waals surface area contributed by atoms with Gasteiger partial charge in [-0.15, -0.1) is 0 Å². The van der Waals surface area contributed by atoms with Crippen LogP contribution < -0.4 is 0 Å². The predicted octanol–water partition coefficient (Wildman–Crippen LogP) is 0.453. The molecule has 0 aromatic heterocycles. The zero-order chi connectivity index (χ0) is 19.6. The van der Waals surface area contributed by atoms with Crippen LogP contribution in [0.5, 0.6) is 0 Å². The van der Waals surface area contributed by atoms with Gasteiger partial charge >= 0.3 is 0 Å². The first kappa shape index (κ1) is 21.2. The van der Waals surface area contributed by atoms with Crippen molar-refractivity contribution in [2.75, 3.05) is 6.61 Å². The summed E-state index contributed by atoms with van der Waals surface area (Å²) in [4.78, 5) is 11.8. The summed E-state index contributed by atoms with van der Waals surface area (Å²) in [5, 5.41) is 38.9. The Morgan fingerprint density at radius 3 is 2.50 bits per heavy atom. The molecule has 0 unspecified atom stereocenters. The van der Waals surface area contributed by atoms with E-state index in [2.05, 4.69) is 0 Å². The van der Waals surface area contributed by atoms with Crippen molar-refractivity contribution < 1.29 is 34.7 Å². The van der Waals surface area contributed by atoms with Crippen LogP contribution in [0.3, 0.4) is 0 Å². The normalized spacial score (nSPS) is 36.6. The zero-order valence-corrected chi connectivity index (χ0v) is 15.8. The third-order valence-electron chi connectivity index (χ3n) is 5.02. The van der Waals surface area contributed by atoms with E-state index < -0.39 is 43.4 Å². The summed E-state index contributed by atoms with van der Waals surface area (Å²) in [5.74, 6) is 0.232. The molecule has 1 aliphatic heterocycles. The van der Waals surface area contributed by atoms with Gasteiger partial charge < -0.3 is 29.9 Å². The molecule has 0 bridgehead atoms. The summed E-state index contributed by atoms with van der Waals surface area (Å²) in [6.45, 7) is 7.26. The van der Waals surface area contributed by atoms with Crippen LogP contribution in [0.1, 0.15) is 40.5 Å². The van der Waals surface area contributed by atoms with Crippen LogP contribution >= 0.6 is 0 Å². The van der Waals surface area contributed by atoms with Gasteiger partial charge in [-0.1, -0.05) is 31.6 Å². The van der Waals surface area contributed by atoms with Crippen LogP contribution in [-0.2, 0) is 14.3 Å². The first-order chi connectivity index (χ1) is 12.1. The Balaban J connectivity index is 2.06. The van der Waals surface area contributed by atoms with E-state index in [9.17, 15) is 25.2 Å². The third-order valence-corrected chi connectivity index (χ3v) is 5.02. The summed E-state index contributed by atoms with van der Waals surface area (Å²) in [7, 11) is 0. The van der Waals surface area contributed by atoms with E-state index in [-0.39, 0.29) is 11.2 Å². The Labute approximate surface area is 153 Å². The van der Waals surface area contributed by atoms with Gasteiger partial charge in [-0.05, 0) is 24.8 Å². The third kappa shape index (κ3) is 4.60. The molecule has 7 nitrogen and oxygen atoms in total. The van der Waals surface area contributed by atoms with Gasteiger partial charge in [0.25, 0.3) is 0 Å².